The maximum Gasteiger partial charge on any atom is 0.322 e. The number of amides is 3. The van der Waals surface area contributed by atoms with Crippen LogP contribution in [0.1, 0.15) is 15.3 Å². The molecular weight excluding hydrogens is 509 g/mol. The first-order valence-corrected chi connectivity index (χ1v) is 13.0. The standard InChI is InChI=1S/C28H34FN3O5S/c1-20-9-11-22(38-20)18-31(14-13-21-10-12-25(36-3)26(17-21)37-4)27(33)19-32(15-16-35-2)28(34)30-24-8-6-5-7-23(24)29/h5-12,17H,13-16,18-19H2,1-4H3,(H,30,34). The van der Waals surface area contributed by atoms with Gasteiger partial charge in [0.15, 0.2) is 11.5 Å². The van der Waals surface area contributed by atoms with Crippen molar-refractivity contribution in [3.05, 3.63) is 75.7 Å². The number of methoxy groups -OCH3 is 3. The molecule has 38 heavy (non-hydrogen) atoms. The first-order valence-electron chi connectivity index (χ1n) is 12.2. The number of ether oxygens (including phenoxy) is 3. The lowest BCUT2D eigenvalue weighted by Crippen LogP contribution is -2.46. The highest BCUT2D eigenvalue weighted by Crippen LogP contribution is 2.28. The van der Waals surface area contributed by atoms with E-state index in [4.69, 9.17) is 14.2 Å². The van der Waals surface area contributed by atoms with Gasteiger partial charge in [-0.15, -0.1) is 11.3 Å². The number of hydrogen-bond donors (Lipinski definition) is 1. The average Bonchev–Trinajstić information content (AvgIpc) is 3.34. The van der Waals surface area contributed by atoms with Crippen LogP contribution in [0.25, 0.3) is 0 Å². The number of benzene rings is 2. The largest absolute Gasteiger partial charge is 0.493 e. The Morgan fingerprint density at radius 2 is 1.71 bits per heavy atom. The van der Waals surface area contributed by atoms with Gasteiger partial charge in [-0.05, 0) is 55.3 Å². The van der Waals surface area contributed by atoms with Crippen molar-refractivity contribution in [3.63, 3.8) is 0 Å². The number of nitrogens with zero attached hydrogens (tertiary/aromatic N) is 2. The monoisotopic (exact) mass is 543 g/mol. The second kappa shape index (κ2) is 14.3. The molecule has 3 aromatic rings. The number of carbonyl (C=O) groups excluding carboxylic acids is 2. The minimum atomic E-state index is -0.577. The van der Waals surface area contributed by atoms with E-state index in [9.17, 15) is 14.0 Å². The SMILES string of the molecule is COCCN(CC(=O)N(CCc1ccc(OC)c(OC)c1)Cc1ccc(C)s1)C(=O)Nc1ccccc1F. The van der Waals surface area contributed by atoms with Crippen LogP contribution in [-0.4, -0.2) is 69.3 Å². The Morgan fingerprint density at radius 3 is 2.37 bits per heavy atom. The van der Waals surface area contributed by atoms with Gasteiger partial charge in [0.2, 0.25) is 5.91 Å². The van der Waals surface area contributed by atoms with E-state index in [1.54, 1.807) is 42.6 Å². The Labute approximate surface area is 226 Å². The second-order valence-corrected chi connectivity index (χ2v) is 9.96. The number of rotatable bonds is 13. The zero-order valence-corrected chi connectivity index (χ0v) is 23.0. The molecule has 0 saturated carbocycles. The molecule has 0 unspecified atom stereocenters. The first kappa shape index (κ1) is 28.9. The molecule has 1 aromatic heterocycles. The van der Waals surface area contributed by atoms with Crippen molar-refractivity contribution < 1.29 is 28.2 Å². The number of nitrogens with one attached hydrogen (secondary N) is 1. The highest BCUT2D eigenvalue weighted by atomic mass is 32.1. The predicted octanol–water partition coefficient (Wildman–Crippen LogP) is 4.96. The fourth-order valence-electron chi connectivity index (χ4n) is 3.82. The number of para-hydroxylation sites is 1. The van der Waals surface area contributed by atoms with Gasteiger partial charge in [-0.3, -0.25) is 4.79 Å². The van der Waals surface area contributed by atoms with Crippen LogP contribution in [0.3, 0.4) is 0 Å². The van der Waals surface area contributed by atoms with E-state index in [1.165, 1.54) is 24.1 Å². The van der Waals surface area contributed by atoms with Crippen LogP contribution in [0.2, 0.25) is 0 Å². The molecule has 0 aliphatic rings. The topological polar surface area (TPSA) is 80.3 Å². The van der Waals surface area contributed by atoms with E-state index in [2.05, 4.69) is 5.32 Å². The van der Waals surface area contributed by atoms with Crippen LogP contribution in [0.5, 0.6) is 11.5 Å². The van der Waals surface area contributed by atoms with Crippen LogP contribution in [0.15, 0.2) is 54.6 Å². The molecule has 0 radical (unpaired) electrons. The molecule has 0 aliphatic carbocycles. The van der Waals surface area contributed by atoms with Gasteiger partial charge in [-0.25, -0.2) is 9.18 Å². The number of urea groups is 1. The third kappa shape index (κ3) is 8.19. The Bertz CT molecular complexity index is 1220. The third-order valence-electron chi connectivity index (χ3n) is 5.91. The molecule has 0 fully saturated rings. The van der Waals surface area contributed by atoms with Crippen molar-refractivity contribution in [1.82, 2.24) is 9.80 Å². The summed E-state index contributed by atoms with van der Waals surface area (Å²) in [7, 11) is 4.68. The first-order chi connectivity index (χ1) is 18.3. The van der Waals surface area contributed by atoms with Gasteiger partial charge in [-0.2, -0.15) is 0 Å². The summed E-state index contributed by atoms with van der Waals surface area (Å²) in [4.78, 5) is 31.8. The second-order valence-electron chi connectivity index (χ2n) is 8.59. The zero-order valence-electron chi connectivity index (χ0n) is 22.2. The molecule has 1 N–H and O–H groups in total. The molecule has 3 amide bonds. The van der Waals surface area contributed by atoms with E-state index in [-0.39, 0.29) is 31.3 Å². The fourth-order valence-corrected chi connectivity index (χ4v) is 4.73. The minimum absolute atomic E-state index is 0.0479. The lowest BCUT2D eigenvalue weighted by atomic mass is 10.1. The Morgan fingerprint density at radius 1 is 0.947 bits per heavy atom. The van der Waals surface area contributed by atoms with Crippen LogP contribution in [-0.2, 0) is 22.5 Å². The quantitative estimate of drug-likeness (QED) is 0.330. The highest BCUT2D eigenvalue weighted by molar-refractivity contribution is 7.11. The number of halogens is 1. The van der Waals surface area contributed by atoms with E-state index in [1.807, 2.05) is 37.3 Å². The molecule has 0 aliphatic heterocycles. The summed E-state index contributed by atoms with van der Waals surface area (Å²) in [6.45, 7) is 3.08. The van der Waals surface area contributed by atoms with Gasteiger partial charge in [0.05, 0.1) is 33.1 Å². The number of anilines is 1. The number of aryl methyl sites for hydroxylation is 1. The molecule has 0 bridgehead atoms. The maximum atomic E-state index is 14.1. The fraction of sp³-hybridized carbons (Fsp3) is 0.357. The molecule has 3 rings (SSSR count). The number of carbonyl (C=O) groups is 2. The number of hydrogen-bond acceptors (Lipinski definition) is 6. The molecule has 204 valence electrons. The lowest BCUT2D eigenvalue weighted by Gasteiger charge is -2.28. The zero-order chi connectivity index (χ0) is 27.5. The molecule has 0 spiro atoms. The van der Waals surface area contributed by atoms with E-state index < -0.39 is 11.8 Å². The summed E-state index contributed by atoms with van der Waals surface area (Å²) in [6, 6.07) is 15.0. The molecule has 1 heterocycles. The summed E-state index contributed by atoms with van der Waals surface area (Å²) in [5.74, 6) is 0.472. The Kier molecular flexibility index (Phi) is 10.9. The smallest absolute Gasteiger partial charge is 0.322 e. The summed E-state index contributed by atoms with van der Waals surface area (Å²) < 4.78 is 30.0. The molecular formula is C28H34FN3O5S. The van der Waals surface area contributed by atoms with Crippen molar-refractivity contribution in [3.8, 4) is 11.5 Å². The molecule has 2 aromatic carbocycles. The van der Waals surface area contributed by atoms with Crippen LogP contribution < -0.4 is 14.8 Å². The van der Waals surface area contributed by atoms with Gasteiger partial charge in [0.25, 0.3) is 0 Å². The van der Waals surface area contributed by atoms with Crippen molar-refractivity contribution in [2.75, 3.05) is 52.9 Å². The van der Waals surface area contributed by atoms with Gasteiger partial charge >= 0.3 is 6.03 Å². The molecule has 0 saturated heterocycles. The maximum absolute atomic E-state index is 14.1. The molecule has 0 atom stereocenters. The Balaban J connectivity index is 1.76. The highest BCUT2D eigenvalue weighted by Gasteiger charge is 2.23. The van der Waals surface area contributed by atoms with Crippen molar-refractivity contribution in [1.29, 1.82) is 0 Å². The average molecular weight is 544 g/mol. The van der Waals surface area contributed by atoms with Crippen molar-refractivity contribution in [2.45, 2.75) is 19.9 Å². The molecule has 8 nitrogen and oxygen atoms in total. The summed E-state index contributed by atoms with van der Waals surface area (Å²) in [6.07, 6.45) is 0.579. The van der Waals surface area contributed by atoms with Crippen LogP contribution in [0.4, 0.5) is 14.9 Å². The van der Waals surface area contributed by atoms with Gasteiger partial charge < -0.3 is 29.3 Å². The minimum Gasteiger partial charge on any atom is -0.493 e. The van der Waals surface area contributed by atoms with Gasteiger partial charge in [0, 0.05) is 30.0 Å². The number of thiophene rings is 1. The van der Waals surface area contributed by atoms with Crippen LogP contribution >= 0.6 is 11.3 Å². The van der Waals surface area contributed by atoms with Crippen molar-refractivity contribution >= 4 is 29.0 Å². The Hall–Kier alpha value is -3.63. The van der Waals surface area contributed by atoms with Crippen molar-refractivity contribution in [2.24, 2.45) is 0 Å². The lowest BCUT2D eigenvalue weighted by molar-refractivity contribution is -0.132. The third-order valence-corrected chi connectivity index (χ3v) is 6.89. The van der Waals surface area contributed by atoms with E-state index >= 15 is 0 Å². The van der Waals surface area contributed by atoms with Gasteiger partial charge in [0.1, 0.15) is 12.4 Å². The molecule has 10 heteroatoms. The summed E-state index contributed by atoms with van der Waals surface area (Å²) in [5.41, 5.74) is 1.03. The predicted molar refractivity (Wildman–Crippen MR) is 147 cm³/mol. The van der Waals surface area contributed by atoms with E-state index in [0.29, 0.717) is 31.0 Å². The summed E-state index contributed by atoms with van der Waals surface area (Å²) >= 11 is 1.62. The van der Waals surface area contributed by atoms with E-state index in [0.717, 1.165) is 15.3 Å². The normalized spacial score (nSPS) is 10.7. The van der Waals surface area contributed by atoms with Gasteiger partial charge in [-0.1, -0.05) is 18.2 Å². The van der Waals surface area contributed by atoms with Crippen LogP contribution in [0, 0.1) is 12.7 Å². The summed E-state index contributed by atoms with van der Waals surface area (Å²) in [5, 5.41) is 2.56.